The second-order valence-electron chi connectivity index (χ2n) is 5.38. The highest BCUT2D eigenvalue weighted by atomic mass is 16.4. The number of nitrogens with zero attached hydrogens (tertiary/aromatic N) is 1. The standard InChI is InChI=1S/C15H19N3O4/c1-9-2-4-10(5-3-9)14(20)17-11-6-12(15(21)22)18(8-11)13(19)7-16/h2-5,11-12H,6-8,16H2,1H3,(H,17,20)(H,21,22)/t11-,12+/m1/s1. The predicted molar refractivity (Wildman–Crippen MR) is 79.2 cm³/mol. The van der Waals surface area contributed by atoms with E-state index in [-0.39, 0.29) is 25.4 Å². The lowest BCUT2D eigenvalue weighted by atomic mass is 10.1. The molecule has 2 rings (SSSR count). The van der Waals surface area contributed by atoms with E-state index in [9.17, 15) is 19.5 Å². The number of carbonyl (C=O) groups is 3. The number of hydrogen-bond donors (Lipinski definition) is 3. The molecule has 0 radical (unpaired) electrons. The van der Waals surface area contributed by atoms with Crippen molar-refractivity contribution in [3.05, 3.63) is 35.4 Å². The lowest BCUT2D eigenvalue weighted by Gasteiger charge is -2.20. The monoisotopic (exact) mass is 305 g/mol. The summed E-state index contributed by atoms with van der Waals surface area (Å²) >= 11 is 0. The van der Waals surface area contributed by atoms with E-state index in [1.165, 1.54) is 4.90 Å². The maximum Gasteiger partial charge on any atom is 0.326 e. The van der Waals surface area contributed by atoms with Crippen LogP contribution in [0, 0.1) is 6.92 Å². The van der Waals surface area contributed by atoms with Crippen LogP contribution in [-0.4, -0.2) is 53.0 Å². The summed E-state index contributed by atoms with van der Waals surface area (Å²) in [5.41, 5.74) is 6.84. The molecule has 0 spiro atoms. The lowest BCUT2D eigenvalue weighted by Crippen LogP contribution is -2.44. The van der Waals surface area contributed by atoms with Crippen LogP contribution >= 0.6 is 0 Å². The van der Waals surface area contributed by atoms with Crippen LogP contribution in [0.5, 0.6) is 0 Å². The summed E-state index contributed by atoms with van der Waals surface area (Å²) in [6.07, 6.45) is 0.179. The van der Waals surface area contributed by atoms with Gasteiger partial charge in [0.15, 0.2) is 0 Å². The second kappa shape index (κ2) is 6.57. The molecule has 2 amide bonds. The molecule has 0 saturated carbocycles. The van der Waals surface area contributed by atoms with Crippen LogP contribution in [0.2, 0.25) is 0 Å². The number of likely N-dealkylation sites (tertiary alicyclic amines) is 1. The van der Waals surface area contributed by atoms with Gasteiger partial charge in [-0.2, -0.15) is 0 Å². The minimum atomic E-state index is -1.09. The molecule has 118 valence electrons. The molecule has 1 saturated heterocycles. The van der Waals surface area contributed by atoms with Crippen molar-refractivity contribution in [2.24, 2.45) is 5.73 Å². The fourth-order valence-corrected chi connectivity index (χ4v) is 2.54. The summed E-state index contributed by atoms with van der Waals surface area (Å²) in [4.78, 5) is 36.3. The number of carboxylic acids is 1. The van der Waals surface area contributed by atoms with Crippen molar-refractivity contribution in [3.63, 3.8) is 0 Å². The number of carbonyl (C=O) groups excluding carboxylic acids is 2. The van der Waals surface area contributed by atoms with Crippen molar-refractivity contribution < 1.29 is 19.5 Å². The summed E-state index contributed by atoms with van der Waals surface area (Å²) in [5, 5.41) is 12.0. The van der Waals surface area contributed by atoms with Gasteiger partial charge in [-0.1, -0.05) is 17.7 Å². The Morgan fingerprint density at radius 2 is 1.95 bits per heavy atom. The van der Waals surface area contributed by atoms with E-state index >= 15 is 0 Å². The molecule has 7 nitrogen and oxygen atoms in total. The maximum atomic E-state index is 12.1. The Labute approximate surface area is 128 Å². The molecule has 4 N–H and O–H groups in total. The zero-order valence-electron chi connectivity index (χ0n) is 12.3. The molecule has 1 aliphatic rings. The van der Waals surface area contributed by atoms with E-state index in [0.29, 0.717) is 5.56 Å². The summed E-state index contributed by atoms with van der Waals surface area (Å²) in [6.45, 7) is 1.83. The molecule has 0 unspecified atom stereocenters. The third-order valence-corrected chi connectivity index (χ3v) is 3.73. The van der Waals surface area contributed by atoms with Gasteiger partial charge in [0.2, 0.25) is 5.91 Å². The van der Waals surface area contributed by atoms with Gasteiger partial charge in [0.25, 0.3) is 5.91 Å². The largest absolute Gasteiger partial charge is 0.480 e. The van der Waals surface area contributed by atoms with Crippen LogP contribution in [0.25, 0.3) is 0 Å². The molecular formula is C15H19N3O4. The first kappa shape index (κ1) is 16.0. The molecule has 0 bridgehead atoms. The van der Waals surface area contributed by atoms with Gasteiger partial charge in [0, 0.05) is 24.6 Å². The van der Waals surface area contributed by atoms with Crippen molar-refractivity contribution in [1.82, 2.24) is 10.2 Å². The molecule has 22 heavy (non-hydrogen) atoms. The quantitative estimate of drug-likeness (QED) is 0.709. The van der Waals surface area contributed by atoms with Crippen LogP contribution in [0.3, 0.4) is 0 Å². The van der Waals surface area contributed by atoms with Gasteiger partial charge in [0.1, 0.15) is 6.04 Å². The van der Waals surface area contributed by atoms with Crippen LogP contribution in [0.4, 0.5) is 0 Å². The van der Waals surface area contributed by atoms with E-state index in [1.807, 2.05) is 19.1 Å². The molecular weight excluding hydrogens is 286 g/mol. The van der Waals surface area contributed by atoms with Gasteiger partial charge in [-0.15, -0.1) is 0 Å². The summed E-state index contributed by atoms with van der Waals surface area (Å²) < 4.78 is 0. The number of carboxylic acid groups (broad SMARTS) is 1. The number of rotatable bonds is 4. The smallest absolute Gasteiger partial charge is 0.326 e. The number of hydrogen-bond acceptors (Lipinski definition) is 4. The first-order valence-electron chi connectivity index (χ1n) is 7.02. The van der Waals surface area contributed by atoms with E-state index in [2.05, 4.69) is 5.32 Å². The Morgan fingerprint density at radius 3 is 2.50 bits per heavy atom. The van der Waals surface area contributed by atoms with Gasteiger partial charge in [-0.3, -0.25) is 9.59 Å². The number of nitrogens with two attached hydrogens (primary N) is 1. The molecule has 0 aromatic heterocycles. The molecule has 1 aromatic carbocycles. The molecule has 7 heteroatoms. The minimum absolute atomic E-state index is 0.157. The summed E-state index contributed by atoms with van der Waals surface area (Å²) in [5.74, 6) is -1.80. The fraction of sp³-hybridized carbons (Fsp3) is 0.400. The maximum absolute atomic E-state index is 12.1. The average molecular weight is 305 g/mol. The Hall–Kier alpha value is -2.41. The van der Waals surface area contributed by atoms with Crippen molar-refractivity contribution in [3.8, 4) is 0 Å². The van der Waals surface area contributed by atoms with E-state index < -0.39 is 24.0 Å². The zero-order valence-corrected chi connectivity index (χ0v) is 12.3. The first-order valence-corrected chi connectivity index (χ1v) is 7.02. The number of amides is 2. The van der Waals surface area contributed by atoms with Gasteiger partial charge in [-0.25, -0.2) is 4.79 Å². The van der Waals surface area contributed by atoms with Crippen LogP contribution in [0.15, 0.2) is 24.3 Å². The van der Waals surface area contributed by atoms with Crippen molar-refractivity contribution >= 4 is 17.8 Å². The van der Waals surface area contributed by atoms with Crippen molar-refractivity contribution in [1.29, 1.82) is 0 Å². The number of aliphatic carboxylic acids is 1. The highest BCUT2D eigenvalue weighted by molar-refractivity contribution is 5.94. The molecule has 1 heterocycles. The van der Waals surface area contributed by atoms with Crippen molar-refractivity contribution in [2.45, 2.75) is 25.4 Å². The number of aryl methyl sites for hydroxylation is 1. The Balaban J connectivity index is 2.04. The number of benzene rings is 1. The Morgan fingerprint density at radius 1 is 1.32 bits per heavy atom. The minimum Gasteiger partial charge on any atom is -0.480 e. The predicted octanol–water partition coefficient (Wildman–Crippen LogP) is -0.262. The molecule has 0 aliphatic carbocycles. The molecule has 1 aromatic rings. The van der Waals surface area contributed by atoms with Gasteiger partial charge in [-0.05, 0) is 19.1 Å². The third kappa shape index (κ3) is 3.43. The van der Waals surface area contributed by atoms with Crippen molar-refractivity contribution in [2.75, 3.05) is 13.1 Å². The topological polar surface area (TPSA) is 113 Å². The average Bonchev–Trinajstić information content (AvgIpc) is 2.91. The van der Waals surface area contributed by atoms with Gasteiger partial charge >= 0.3 is 5.97 Å². The Kier molecular flexibility index (Phi) is 4.77. The van der Waals surface area contributed by atoms with Gasteiger partial charge in [0.05, 0.1) is 6.54 Å². The fourth-order valence-electron chi connectivity index (χ4n) is 2.54. The van der Waals surface area contributed by atoms with Gasteiger partial charge < -0.3 is 21.1 Å². The van der Waals surface area contributed by atoms with Crippen LogP contribution < -0.4 is 11.1 Å². The lowest BCUT2D eigenvalue weighted by molar-refractivity contribution is -0.147. The summed E-state index contributed by atoms with van der Waals surface area (Å²) in [7, 11) is 0. The van der Waals surface area contributed by atoms with Crippen LogP contribution in [0.1, 0.15) is 22.3 Å². The molecule has 1 aliphatic heterocycles. The zero-order chi connectivity index (χ0) is 16.3. The Bertz CT molecular complexity index is 585. The first-order chi connectivity index (χ1) is 10.4. The molecule has 2 atom stereocenters. The third-order valence-electron chi connectivity index (χ3n) is 3.73. The van der Waals surface area contributed by atoms with E-state index in [0.717, 1.165) is 5.56 Å². The van der Waals surface area contributed by atoms with E-state index in [1.54, 1.807) is 12.1 Å². The van der Waals surface area contributed by atoms with Crippen LogP contribution in [-0.2, 0) is 9.59 Å². The van der Waals surface area contributed by atoms with E-state index in [4.69, 9.17) is 5.73 Å². The highest BCUT2D eigenvalue weighted by Gasteiger charge is 2.39. The second-order valence-corrected chi connectivity index (χ2v) is 5.38. The highest BCUT2D eigenvalue weighted by Crippen LogP contribution is 2.19. The number of nitrogens with one attached hydrogen (secondary N) is 1. The molecule has 1 fully saturated rings. The normalized spacial score (nSPS) is 20.7. The summed E-state index contributed by atoms with van der Waals surface area (Å²) in [6, 6.07) is 5.72. The SMILES string of the molecule is Cc1ccc(C(=O)N[C@@H]2C[C@@H](C(=O)O)N(C(=O)CN)C2)cc1.